The Hall–Kier alpha value is -2.85. The highest BCUT2D eigenvalue weighted by Crippen LogP contribution is 2.26. The van der Waals surface area contributed by atoms with Gasteiger partial charge in [0.05, 0.1) is 6.54 Å². The maximum Gasteiger partial charge on any atom is 0.573 e. The minimum atomic E-state index is -5.02. The first-order valence-electron chi connectivity index (χ1n) is 7.61. The molecule has 0 radical (unpaired) electrons. The van der Waals surface area contributed by atoms with Crippen molar-refractivity contribution in [1.29, 1.82) is 0 Å². The lowest BCUT2D eigenvalue weighted by Crippen LogP contribution is -2.34. The molecule has 0 aliphatic carbocycles. The number of aryl methyl sites for hydroxylation is 1. The summed E-state index contributed by atoms with van der Waals surface area (Å²) < 4.78 is 55.8. The fourth-order valence-electron chi connectivity index (χ4n) is 2.89. The molecule has 1 aliphatic rings. The number of carbonyl (C=O) groups is 1. The number of aliphatic carboxylic acids is 1. The van der Waals surface area contributed by atoms with Gasteiger partial charge in [0.25, 0.3) is 0 Å². The van der Waals surface area contributed by atoms with Crippen molar-refractivity contribution in [2.45, 2.75) is 38.2 Å². The smallest absolute Gasteiger partial charge is 0.480 e. The number of nitrogens with zero attached hydrogens (tertiary/aromatic N) is 3. The SMILES string of the molecule is O=C(O)C1CCCc2nn(Cc3ccc(OC(F)(F)F)c(F)c3)c(=O)n21. The van der Waals surface area contributed by atoms with Crippen LogP contribution in [0.5, 0.6) is 5.75 Å². The highest BCUT2D eigenvalue weighted by molar-refractivity contribution is 5.72. The van der Waals surface area contributed by atoms with Crippen molar-refractivity contribution in [3.05, 3.63) is 45.9 Å². The number of rotatable bonds is 4. The molecule has 0 bridgehead atoms. The van der Waals surface area contributed by atoms with Crippen LogP contribution in [-0.4, -0.2) is 31.8 Å². The normalized spacial score (nSPS) is 17.0. The average Bonchev–Trinajstić information content (AvgIpc) is 2.85. The second kappa shape index (κ2) is 6.46. The molecule has 0 spiro atoms. The van der Waals surface area contributed by atoms with E-state index in [1.54, 1.807) is 0 Å². The molecule has 1 aromatic heterocycles. The molecule has 140 valence electrons. The van der Waals surface area contributed by atoms with E-state index >= 15 is 0 Å². The van der Waals surface area contributed by atoms with Crippen LogP contribution in [-0.2, 0) is 17.8 Å². The average molecular weight is 375 g/mol. The monoisotopic (exact) mass is 375 g/mol. The fraction of sp³-hybridized carbons (Fsp3) is 0.400. The largest absolute Gasteiger partial charge is 0.573 e. The Morgan fingerprint density at radius 1 is 1.38 bits per heavy atom. The number of carboxylic acid groups (broad SMARTS) is 1. The summed E-state index contributed by atoms with van der Waals surface area (Å²) >= 11 is 0. The number of halogens is 4. The van der Waals surface area contributed by atoms with Crippen LogP contribution in [0.15, 0.2) is 23.0 Å². The molecule has 1 aliphatic heterocycles. The Labute approximate surface area is 143 Å². The first-order valence-corrected chi connectivity index (χ1v) is 7.61. The molecule has 1 aromatic carbocycles. The van der Waals surface area contributed by atoms with Crippen LogP contribution in [0, 0.1) is 5.82 Å². The topological polar surface area (TPSA) is 86.3 Å². The van der Waals surface area contributed by atoms with Crippen molar-refractivity contribution in [2.75, 3.05) is 0 Å². The van der Waals surface area contributed by atoms with Crippen molar-refractivity contribution in [1.82, 2.24) is 14.3 Å². The Bertz CT molecular complexity index is 903. The van der Waals surface area contributed by atoms with Crippen molar-refractivity contribution in [3.8, 4) is 5.75 Å². The van der Waals surface area contributed by atoms with Crippen molar-refractivity contribution < 1.29 is 32.2 Å². The third-order valence-electron chi connectivity index (χ3n) is 3.97. The van der Waals surface area contributed by atoms with Crippen LogP contribution in [0.3, 0.4) is 0 Å². The Morgan fingerprint density at radius 3 is 2.73 bits per heavy atom. The quantitative estimate of drug-likeness (QED) is 0.827. The van der Waals surface area contributed by atoms with Crippen molar-refractivity contribution in [3.63, 3.8) is 0 Å². The highest BCUT2D eigenvalue weighted by atomic mass is 19.4. The van der Waals surface area contributed by atoms with Gasteiger partial charge in [-0.15, -0.1) is 13.2 Å². The van der Waals surface area contributed by atoms with Crippen molar-refractivity contribution in [2.24, 2.45) is 0 Å². The number of aromatic nitrogens is 3. The van der Waals surface area contributed by atoms with E-state index in [1.807, 2.05) is 0 Å². The van der Waals surface area contributed by atoms with E-state index < -0.39 is 35.6 Å². The summed E-state index contributed by atoms with van der Waals surface area (Å²) in [6.45, 7) is -0.214. The summed E-state index contributed by atoms with van der Waals surface area (Å²) in [5, 5.41) is 13.3. The Balaban J connectivity index is 1.88. The van der Waals surface area contributed by atoms with Gasteiger partial charge in [-0.05, 0) is 30.5 Å². The van der Waals surface area contributed by atoms with Gasteiger partial charge >= 0.3 is 18.0 Å². The molecule has 3 rings (SSSR count). The lowest BCUT2D eigenvalue weighted by Gasteiger charge is -2.19. The Morgan fingerprint density at radius 2 is 2.12 bits per heavy atom. The van der Waals surface area contributed by atoms with Crippen molar-refractivity contribution >= 4 is 5.97 Å². The molecular formula is C15H13F4N3O4. The number of ether oxygens (including phenoxy) is 1. The summed E-state index contributed by atoms with van der Waals surface area (Å²) in [7, 11) is 0. The number of fused-ring (bicyclic) bond motifs is 1. The van der Waals surface area contributed by atoms with Crippen LogP contribution < -0.4 is 10.4 Å². The predicted molar refractivity (Wildman–Crippen MR) is 78.3 cm³/mol. The second-order valence-corrected chi connectivity index (χ2v) is 5.79. The summed E-state index contributed by atoms with van der Waals surface area (Å²) in [6.07, 6.45) is -3.73. The molecular weight excluding hydrogens is 362 g/mol. The lowest BCUT2D eigenvalue weighted by molar-refractivity contribution is -0.275. The number of alkyl halides is 3. The molecule has 1 unspecified atom stereocenters. The summed E-state index contributed by atoms with van der Waals surface area (Å²) in [4.78, 5) is 23.7. The molecule has 7 nitrogen and oxygen atoms in total. The zero-order valence-corrected chi connectivity index (χ0v) is 13.2. The van der Waals surface area contributed by atoms with E-state index in [-0.39, 0.29) is 12.1 Å². The third kappa shape index (κ3) is 3.55. The molecule has 2 aromatic rings. The fourth-order valence-corrected chi connectivity index (χ4v) is 2.89. The molecule has 26 heavy (non-hydrogen) atoms. The minimum absolute atomic E-state index is 0.182. The summed E-state index contributed by atoms with van der Waals surface area (Å²) in [5.41, 5.74) is -0.482. The van der Waals surface area contributed by atoms with Crippen LogP contribution in [0.4, 0.5) is 17.6 Å². The van der Waals surface area contributed by atoms with Gasteiger partial charge in [0.2, 0.25) is 0 Å². The van der Waals surface area contributed by atoms with Crippen LogP contribution in [0.25, 0.3) is 0 Å². The number of benzene rings is 1. The molecule has 0 amide bonds. The zero-order valence-electron chi connectivity index (χ0n) is 13.2. The predicted octanol–water partition coefficient (Wildman–Crippen LogP) is 2.09. The van der Waals surface area contributed by atoms with Gasteiger partial charge in [0, 0.05) is 6.42 Å². The maximum absolute atomic E-state index is 13.8. The first kappa shape index (κ1) is 18.0. The van der Waals surface area contributed by atoms with Gasteiger partial charge in [-0.3, -0.25) is 4.57 Å². The zero-order chi connectivity index (χ0) is 19.1. The van der Waals surface area contributed by atoms with E-state index in [9.17, 15) is 32.3 Å². The van der Waals surface area contributed by atoms with Crippen LogP contribution in [0.1, 0.15) is 30.3 Å². The molecule has 11 heteroatoms. The summed E-state index contributed by atoms with van der Waals surface area (Å²) in [5.74, 6) is -3.05. The molecule has 0 saturated carbocycles. The standard InChI is InChI=1S/C15H13F4N3O4/c16-9-6-8(4-5-11(9)26-15(17,18)19)7-21-14(25)22-10(13(23)24)2-1-3-12(22)20-21/h4-6,10H,1-3,7H2,(H,23,24). The Kier molecular flexibility index (Phi) is 4.46. The lowest BCUT2D eigenvalue weighted by atomic mass is 10.1. The highest BCUT2D eigenvalue weighted by Gasteiger charge is 2.33. The van der Waals surface area contributed by atoms with Gasteiger partial charge in [-0.2, -0.15) is 5.10 Å². The van der Waals surface area contributed by atoms with Gasteiger partial charge < -0.3 is 9.84 Å². The third-order valence-corrected chi connectivity index (χ3v) is 3.97. The first-order chi connectivity index (χ1) is 12.2. The maximum atomic E-state index is 13.8. The number of hydrogen-bond donors (Lipinski definition) is 1. The molecule has 0 fully saturated rings. The molecule has 2 heterocycles. The van der Waals surface area contributed by atoms with Crippen LogP contribution >= 0.6 is 0 Å². The van der Waals surface area contributed by atoms with Gasteiger partial charge in [-0.1, -0.05) is 6.07 Å². The van der Waals surface area contributed by atoms with Gasteiger partial charge in [-0.25, -0.2) is 18.7 Å². The van der Waals surface area contributed by atoms with E-state index in [2.05, 4.69) is 9.84 Å². The summed E-state index contributed by atoms with van der Waals surface area (Å²) in [6, 6.07) is 1.77. The van der Waals surface area contributed by atoms with E-state index in [0.717, 1.165) is 21.4 Å². The number of hydrogen-bond acceptors (Lipinski definition) is 4. The van der Waals surface area contributed by atoms with E-state index in [1.165, 1.54) is 6.07 Å². The van der Waals surface area contributed by atoms with Gasteiger partial charge in [0.15, 0.2) is 11.6 Å². The van der Waals surface area contributed by atoms with E-state index in [4.69, 9.17) is 0 Å². The minimum Gasteiger partial charge on any atom is -0.480 e. The molecule has 1 N–H and O–H groups in total. The number of carboxylic acids is 1. The second-order valence-electron chi connectivity index (χ2n) is 5.79. The van der Waals surface area contributed by atoms with Gasteiger partial charge in [0.1, 0.15) is 11.9 Å². The molecule has 1 atom stereocenters. The van der Waals surface area contributed by atoms with E-state index in [0.29, 0.717) is 25.1 Å². The van der Waals surface area contributed by atoms with Crippen LogP contribution in [0.2, 0.25) is 0 Å². The molecule has 0 saturated heterocycles.